The Morgan fingerprint density at radius 3 is 2.42 bits per heavy atom. The molecule has 3 aromatic rings. The molecular weight excluding hydrogens is 441 g/mol. The van der Waals surface area contributed by atoms with E-state index in [0.717, 1.165) is 11.1 Å². The molecule has 1 atom stereocenters. The van der Waals surface area contributed by atoms with Crippen LogP contribution in [0.4, 0.5) is 4.39 Å². The van der Waals surface area contributed by atoms with Crippen molar-refractivity contribution in [2.75, 3.05) is 11.5 Å². The number of furan rings is 1. The lowest BCUT2D eigenvalue weighted by molar-refractivity contribution is -0.133. The SMILES string of the molecule is O=C(Cc1ccc(Cl)cc1)N(Cc1ccc(-c2ccc(F)cc2)o1)C1CCS(=O)(=O)C1. The third-order valence-corrected chi connectivity index (χ3v) is 7.36. The van der Waals surface area contributed by atoms with Gasteiger partial charge in [-0.05, 0) is 60.5 Å². The van der Waals surface area contributed by atoms with Gasteiger partial charge in [-0.15, -0.1) is 0 Å². The highest BCUT2D eigenvalue weighted by Crippen LogP contribution is 2.26. The normalized spacial score (nSPS) is 17.5. The standard InChI is InChI=1S/C23H21ClFNO4S/c24-18-5-1-16(2-6-18)13-23(27)26(20-11-12-31(28,29)15-20)14-21-9-10-22(30-21)17-3-7-19(25)8-4-17/h1-10,20H,11-15H2. The van der Waals surface area contributed by atoms with Gasteiger partial charge < -0.3 is 9.32 Å². The number of amides is 1. The Morgan fingerprint density at radius 2 is 1.77 bits per heavy atom. The van der Waals surface area contributed by atoms with Crippen molar-refractivity contribution >= 4 is 27.3 Å². The molecular formula is C23H21ClFNO4S. The number of rotatable bonds is 6. The van der Waals surface area contributed by atoms with Gasteiger partial charge in [-0.2, -0.15) is 0 Å². The van der Waals surface area contributed by atoms with Crippen molar-refractivity contribution in [2.45, 2.75) is 25.4 Å². The van der Waals surface area contributed by atoms with Crippen LogP contribution in [0.2, 0.25) is 5.02 Å². The van der Waals surface area contributed by atoms with Gasteiger partial charge >= 0.3 is 0 Å². The first kappa shape index (κ1) is 21.6. The third kappa shape index (κ3) is 5.35. The molecule has 162 valence electrons. The van der Waals surface area contributed by atoms with Crippen LogP contribution in [0.1, 0.15) is 17.7 Å². The second-order valence-corrected chi connectivity index (χ2v) is 10.3. The molecule has 2 aromatic carbocycles. The molecule has 0 bridgehead atoms. The van der Waals surface area contributed by atoms with Crippen LogP contribution in [0.25, 0.3) is 11.3 Å². The molecule has 1 aliphatic rings. The van der Waals surface area contributed by atoms with Crippen LogP contribution in [0.3, 0.4) is 0 Å². The van der Waals surface area contributed by atoms with E-state index in [-0.39, 0.29) is 36.2 Å². The van der Waals surface area contributed by atoms with Crippen molar-refractivity contribution in [2.24, 2.45) is 0 Å². The van der Waals surface area contributed by atoms with Gasteiger partial charge in [-0.1, -0.05) is 23.7 Å². The number of carbonyl (C=O) groups excluding carboxylic acids is 1. The lowest BCUT2D eigenvalue weighted by Gasteiger charge is -2.27. The summed E-state index contributed by atoms with van der Waals surface area (Å²) < 4.78 is 43.1. The zero-order valence-electron chi connectivity index (χ0n) is 16.6. The quantitative estimate of drug-likeness (QED) is 0.542. The van der Waals surface area contributed by atoms with Crippen molar-refractivity contribution in [1.82, 2.24) is 4.90 Å². The van der Waals surface area contributed by atoms with Gasteiger partial charge in [0, 0.05) is 16.6 Å². The smallest absolute Gasteiger partial charge is 0.227 e. The molecule has 0 saturated carbocycles. The summed E-state index contributed by atoms with van der Waals surface area (Å²) in [6, 6.07) is 16.0. The zero-order chi connectivity index (χ0) is 22.0. The molecule has 0 N–H and O–H groups in total. The zero-order valence-corrected chi connectivity index (χ0v) is 18.2. The van der Waals surface area contributed by atoms with E-state index >= 15 is 0 Å². The Kier molecular flexibility index (Phi) is 6.16. The molecule has 0 aliphatic carbocycles. The van der Waals surface area contributed by atoms with Gasteiger partial charge in [-0.25, -0.2) is 12.8 Å². The summed E-state index contributed by atoms with van der Waals surface area (Å²) in [6.07, 6.45) is 0.541. The maximum Gasteiger partial charge on any atom is 0.227 e. The third-order valence-electron chi connectivity index (χ3n) is 5.35. The van der Waals surface area contributed by atoms with Crippen molar-refractivity contribution in [1.29, 1.82) is 0 Å². The van der Waals surface area contributed by atoms with Gasteiger partial charge in [0.2, 0.25) is 5.91 Å². The summed E-state index contributed by atoms with van der Waals surface area (Å²) in [5.41, 5.74) is 1.52. The molecule has 1 unspecified atom stereocenters. The van der Waals surface area contributed by atoms with Crippen LogP contribution in [0.5, 0.6) is 0 Å². The first-order valence-corrected chi connectivity index (χ1v) is 12.1. The summed E-state index contributed by atoms with van der Waals surface area (Å²) in [6.45, 7) is 0.161. The first-order valence-electron chi connectivity index (χ1n) is 9.88. The van der Waals surface area contributed by atoms with Crippen LogP contribution < -0.4 is 0 Å². The summed E-state index contributed by atoms with van der Waals surface area (Å²) in [4.78, 5) is 14.7. The summed E-state index contributed by atoms with van der Waals surface area (Å²) >= 11 is 5.92. The van der Waals surface area contributed by atoms with Crippen LogP contribution >= 0.6 is 11.6 Å². The van der Waals surface area contributed by atoms with Gasteiger partial charge in [0.1, 0.15) is 17.3 Å². The molecule has 31 heavy (non-hydrogen) atoms. The van der Waals surface area contributed by atoms with E-state index in [1.54, 1.807) is 53.4 Å². The topological polar surface area (TPSA) is 67.6 Å². The van der Waals surface area contributed by atoms with Crippen LogP contribution in [0, 0.1) is 5.82 Å². The minimum absolute atomic E-state index is 0.0507. The van der Waals surface area contributed by atoms with Crippen molar-refractivity contribution < 1.29 is 22.0 Å². The first-order chi connectivity index (χ1) is 14.8. The van der Waals surface area contributed by atoms with Crippen LogP contribution in [0.15, 0.2) is 65.1 Å². The number of hydrogen-bond acceptors (Lipinski definition) is 4. The minimum atomic E-state index is -3.16. The highest BCUT2D eigenvalue weighted by molar-refractivity contribution is 7.91. The minimum Gasteiger partial charge on any atom is -0.459 e. The van der Waals surface area contributed by atoms with Crippen molar-refractivity contribution in [3.63, 3.8) is 0 Å². The monoisotopic (exact) mass is 461 g/mol. The van der Waals surface area contributed by atoms with Crippen LogP contribution in [-0.4, -0.2) is 36.8 Å². The van der Waals surface area contributed by atoms with Crippen molar-refractivity contribution in [3.8, 4) is 11.3 Å². The molecule has 0 radical (unpaired) electrons. The fourth-order valence-corrected chi connectivity index (χ4v) is 5.58. The number of hydrogen-bond donors (Lipinski definition) is 0. The van der Waals surface area contributed by atoms with E-state index in [9.17, 15) is 17.6 Å². The lowest BCUT2D eigenvalue weighted by atomic mass is 10.1. The van der Waals surface area contributed by atoms with Gasteiger partial charge in [-0.3, -0.25) is 4.79 Å². The predicted molar refractivity (Wildman–Crippen MR) is 117 cm³/mol. The molecule has 0 spiro atoms. The number of halogens is 2. The maximum atomic E-state index is 13.2. The molecule has 5 nitrogen and oxygen atoms in total. The van der Waals surface area contributed by atoms with Gasteiger partial charge in [0.25, 0.3) is 0 Å². The Labute approximate surface area is 185 Å². The number of sulfone groups is 1. The van der Waals surface area contributed by atoms with E-state index < -0.39 is 15.9 Å². The van der Waals surface area contributed by atoms with Crippen molar-refractivity contribution in [3.05, 3.63) is 82.8 Å². The highest BCUT2D eigenvalue weighted by atomic mass is 35.5. The van der Waals surface area contributed by atoms with Gasteiger partial charge in [0.15, 0.2) is 9.84 Å². The summed E-state index contributed by atoms with van der Waals surface area (Å²) in [7, 11) is -3.16. The molecule has 1 saturated heterocycles. The highest BCUT2D eigenvalue weighted by Gasteiger charge is 2.35. The fraction of sp³-hybridized carbons (Fsp3) is 0.261. The Hall–Kier alpha value is -2.64. The average Bonchev–Trinajstić information content (AvgIpc) is 3.34. The maximum absolute atomic E-state index is 13.2. The van der Waals surface area contributed by atoms with E-state index in [0.29, 0.717) is 23.0 Å². The predicted octanol–water partition coefficient (Wildman–Crippen LogP) is 4.50. The van der Waals surface area contributed by atoms with E-state index in [2.05, 4.69) is 0 Å². The molecule has 1 aliphatic heterocycles. The second-order valence-electron chi connectivity index (χ2n) is 7.65. The molecule has 1 amide bonds. The Morgan fingerprint density at radius 1 is 1.06 bits per heavy atom. The summed E-state index contributed by atoms with van der Waals surface area (Å²) in [5, 5.41) is 0.582. The second kappa shape index (κ2) is 8.85. The largest absolute Gasteiger partial charge is 0.459 e. The van der Waals surface area contributed by atoms with Gasteiger partial charge in [0.05, 0.1) is 24.5 Å². The lowest BCUT2D eigenvalue weighted by Crippen LogP contribution is -2.41. The summed E-state index contributed by atoms with van der Waals surface area (Å²) in [5.74, 6) is 0.597. The molecule has 1 fully saturated rings. The van der Waals surface area contributed by atoms with Crippen LogP contribution in [-0.2, 0) is 27.6 Å². The number of benzene rings is 2. The Balaban J connectivity index is 1.55. The number of nitrogens with zero attached hydrogens (tertiary/aromatic N) is 1. The van der Waals surface area contributed by atoms with E-state index in [1.165, 1.54) is 12.1 Å². The average molecular weight is 462 g/mol. The molecule has 1 aromatic heterocycles. The Bertz CT molecular complexity index is 1170. The number of carbonyl (C=O) groups is 1. The van der Waals surface area contributed by atoms with E-state index in [4.69, 9.17) is 16.0 Å². The molecule has 2 heterocycles. The van der Waals surface area contributed by atoms with E-state index in [1.807, 2.05) is 0 Å². The molecule has 4 rings (SSSR count). The fourth-order valence-electron chi connectivity index (χ4n) is 3.72. The molecule has 8 heteroatoms.